The van der Waals surface area contributed by atoms with E-state index in [0.29, 0.717) is 11.5 Å². The molecule has 4 aromatic rings. The summed E-state index contributed by atoms with van der Waals surface area (Å²) in [7, 11) is 1.61. The predicted molar refractivity (Wildman–Crippen MR) is 137 cm³/mol. The lowest BCUT2D eigenvalue weighted by Crippen LogP contribution is -1.96. The smallest absolute Gasteiger partial charge is 0.349 e. The molecule has 1 aromatic heterocycles. The number of hydrogen-bond acceptors (Lipinski definition) is 5. The van der Waals surface area contributed by atoms with E-state index in [4.69, 9.17) is 21.1 Å². The van der Waals surface area contributed by atoms with Crippen LogP contribution in [-0.2, 0) is 6.42 Å². The Kier molecular flexibility index (Phi) is 7.48. The van der Waals surface area contributed by atoms with Gasteiger partial charge in [-0.05, 0) is 85.2 Å². The van der Waals surface area contributed by atoms with Crippen molar-refractivity contribution in [1.82, 2.24) is 0 Å². The van der Waals surface area contributed by atoms with Gasteiger partial charge in [0.25, 0.3) is 0 Å². The summed E-state index contributed by atoms with van der Waals surface area (Å²) in [6, 6.07) is 19.5. The SMILES string of the molecule is COc1cc2sc(C(=O)O)c(Oc3ccc(CCCSc4ccc(Cl)cc4)cc3)c2cc1C. The van der Waals surface area contributed by atoms with Crippen molar-refractivity contribution >= 4 is 50.8 Å². The number of aryl methyl sites for hydroxylation is 2. The van der Waals surface area contributed by atoms with Crippen LogP contribution in [0, 0.1) is 6.92 Å². The highest BCUT2D eigenvalue weighted by molar-refractivity contribution is 7.99. The number of ether oxygens (including phenoxy) is 2. The van der Waals surface area contributed by atoms with E-state index in [0.717, 1.165) is 45.0 Å². The summed E-state index contributed by atoms with van der Waals surface area (Å²) in [6.07, 6.45) is 2.01. The zero-order chi connectivity index (χ0) is 23.4. The van der Waals surface area contributed by atoms with E-state index in [9.17, 15) is 9.90 Å². The van der Waals surface area contributed by atoms with E-state index in [2.05, 4.69) is 0 Å². The van der Waals surface area contributed by atoms with Crippen molar-refractivity contribution in [3.05, 3.63) is 81.7 Å². The molecule has 1 N–H and O–H groups in total. The largest absolute Gasteiger partial charge is 0.496 e. The molecule has 0 fully saturated rings. The van der Waals surface area contributed by atoms with Crippen LogP contribution in [0.1, 0.15) is 27.2 Å². The number of methoxy groups -OCH3 is 1. The zero-order valence-electron chi connectivity index (χ0n) is 18.3. The molecule has 4 nitrogen and oxygen atoms in total. The minimum atomic E-state index is -1.00. The minimum absolute atomic E-state index is 0.181. The van der Waals surface area contributed by atoms with Crippen molar-refractivity contribution in [3.8, 4) is 17.2 Å². The molecule has 0 spiro atoms. The van der Waals surface area contributed by atoms with Crippen molar-refractivity contribution in [2.24, 2.45) is 0 Å². The topological polar surface area (TPSA) is 55.8 Å². The Morgan fingerprint density at radius 2 is 1.82 bits per heavy atom. The molecule has 0 aliphatic rings. The molecule has 33 heavy (non-hydrogen) atoms. The molecule has 170 valence electrons. The molecule has 4 rings (SSSR count). The normalized spacial score (nSPS) is 11.0. The minimum Gasteiger partial charge on any atom is -0.496 e. The Balaban J connectivity index is 1.43. The molecule has 0 bridgehead atoms. The van der Waals surface area contributed by atoms with E-state index in [1.807, 2.05) is 79.3 Å². The Bertz CT molecular complexity index is 1260. The number of aromatic carboxylic acids is 1. The summed E-state index contributed by atoms with van der Waals surface area (Å²) in [6.45, 7) is 1.93. The predicted octanol–water partition coefficient (Wildman–Crippen LogP) is 8.09. The summed E-state index contributed by atoms with van der Waals surface area (Å²) >= 11 is 8.94. The van der Waals surface area contributed by atoms with Gasteiger partial charge in [-0.1, -0.05) is 23.7 Å². The van der Waals surface area contributed by atoms with Gasteiger partial charge < -0.3 is 14.6 Å². The Labute approximate surface area is 206 Å². The fraction of sp³-hybridized carbons (Fsp3) is 0.192. The lowest BCUT2D eigenvalue weighted by molar-refractivity contribution is 0.0700. The van der Waals surface area contributed by atoms with Crippen molar-refractivity contribution in [1.29, 1.82) is 0 Å². The third-order valence-electron chi connectivity index (χ3n) is 5.19. The van der Waals surface area contributed by atoms with Gasteiger partial charge in [-0.15, -0.1) is 23.1 Å². The van der Waals surface area contributed by atoms with Gasteiger partial charge >= 0.3 is 5.97 Å². The Morgan fingerprint density at radius 1 is 1.09 bits per heavy atom. The second kappa shape index (κ2) is 10.5. The van der Waals surface area contributed by atoms with Crippen LogP contribution < -0.4 is 9.47 Å². The van der Waals surface area contributed by atoms with Crippen LogP contribution in [0.5, 0.6) is 17.2 Å². The van der Waals surface area contributed by atoms with Gasteiger partial charge in [0, 0.05) is 20.0 Å². The van der Waals surface area contributed by atoms with Crippen LogP contribution in [0.15, 0.2) is 65.6 Å². The summed E-state index contributed by atoms with van der Waals surface area (Å²) in [5.74, 6) is 1.74. The maximum absolute atomic E-state index is 11.8. The third kappa shape index (κ3) is 5.64. The summed E-state index contributed by atoms with van der Waals surface area (Å²) in [5, 5.41) is 11.2. The van der Waals surface area contributed by atoms with E-state index in [-0.39, 0.29) is 4.88 Å². The lowest BCUT2D eigenvalue weighted by atomic mass is 10.1. The maximum atomic E-state index is 11.8. The first-order chi connectivity index (χ1) is 15.9. The fourth-order valence-electron chi connectivity index (χ4n) is 3.51. The van der Waals surface area contributed by atoms with Crippen molar-refractivity contribution in [2.45, 2.75) is 24.7 Å². The molecule has 0 amide bonds. The van der Waals surface area contributed by atoms with Gasteiger partial charge in [0.2, 0.25) is 0 Å². The van der Waals surface area contributed by atoms with Crippen LogP contribution in [-0.4, -0.2) is 23.9 Å². The highest BCUT2D eigenvalue weighted by Gasteiger charge is 2.21. The summed E-state index contributed by atoms with van der Waals surface area (Å²) in [4.78, 5) is 13.2. The number of rotatable bonds is 9. The van der Waals surface area contributed by atoms with Gasteiger partial charge in [-0.3, -0.25) is 0 Å². The van der Waals surface area contributed by atoms with Crippen LogP contribution >= 0.6 is 34.7 Å². The van der Waals surface area contributed by atoms with Gasteiger partial charge in [-0.2, -0.15) is 0 Å². The van der Waals surface area contributed by atoms with Gasteiger partial charge in [0.15, 0.2) is 10.6 Å². The first kappa shape index (κ1) is 23.5. The maximum Gasteiger partial charge on any atom is 0.349 e. The summed E-state index contributed by atoms with van der Waals surface area (Å²) in [5.41, 5.74) is 2.14. The number of carboxylic acids is 1. The van der Waals surface area contributed by atoms with Crippen molar-refractivity contribution in [2.75, 3.05) is 12.9 Å². The molecule has 0 saturated heterocycles. The average molecular weight is 499 g/mol. The van der Waals surface area contributed by atoms with Crippen LogP contribution in [0.4, 0.5) is 0 Å². The standard InChI is InChI=1S/C26H23ClO4S2/c1-16-14-21-23(15-22(16)30-2)33-25(26(28)29)24(21)31-19-9-5-17(6-10-19)4-3-13-32-20-11-7-18(27)8-12-20/h5-12,14-15H,3-4,13H2,1-2H3,(H,28,29). The lowest BCUT2D eigenvalue weighted by Gasteiger charge is -2.09. The highest BCUT2D eigenvalue weighted by atomic mass is 35.5. The molecular weight excluding hydrogens is 476 g/mol. The van der Waals surface area contributed by atoms with E-state index in [1.54, 1.807) is 7.11 Å². The van der Waals surface area contributed by atoms with Crippen LogP contribution in [0.2, 0.25) is 5.02 Å². The number of thioether (sulfide) groups is 1. The number of halogens is 1. The monoisotopic (exact) mass is 498 g/mol. The second-order valence-corrected chi connectivity index (χ2v) is 10.2. The van der Waals surface area contributed by atoms with Crippen LogP contribution in [0.25, 0.3) is 10.1 Å². The number of benzene rings is 3. The zero-order valence-corrected chi connectivity index (χ0v) is 20.7. The van der Waals surface area contributed by atoms with E-state index in [1.165, 1.54) is 21.8 Å². The number of carboxylic acid groups (broad SMARTS) is 1. The average Bonchev–Trinajstić information content (AvgIpc) is 3.15. The van der Waals surface area contributed by atoms with Gasteiger partial charge in [0.05, 0.1) is 7.11 Å². The highest BCUT2D eigenvalue weighted by Crippen LogP contribution is 2.42. The number of carbonyl (C=O) groups is 1. The molecule has 1 heterocycles. The molecule has 7 heteroatoms. The molecular formula is C26H23ClO4S2. The number of thiophene rings is 1. The molecule has 3 aromatic carbocycles. The molecule has 0 atom stereocenters. The first-order valence-corrected chi connectivity index (χ1v) is 12.6. The molecule has 0 saturated carbocycles. The van der Waals surface area contributed by atoms with Crippen molar-refractivity contribution in [3.63, 3.8) is 0 Å². The molecule has 0 aliphatic heterocycles. The molecule has 0 aliphatic carbocycles. The molecule has 0 unspecified atom stereocenters. The van der Waals surface area contributed by atoms with Gasteiger partial charge in [-0.25, -0.2) is 4.79 Å². The quantitative estimate of drug-likeness (QED) is 0.186. The Morgan fingerprint density at radius 3 is 2.48 bits per heavy atom. The van der Waals surface area contributed by atoms with Crippen molar-refractivity contribution < 1.29 is 19.4 Å². The van der Waals surface area contributed by atoms with Crippen LogP contribution in [0.3, 0.4) is 0 Å². The number of fused-ring (bicyclic) bond motifs is 1. The van der Waals surface area contributed by atoms with E-state index < -0.39 is 5.97 Å². The number of hydrogen-bond donors (Lipinski definition) is 1. The van der Waals surface area contributed by atoms with E-state index >= 15 is 0 Å². The fourth-order valence-corrected chi connectivity index (χ4v) is 5.47. The Hall–Kier alpha value is -2.67. The van der Waals surface area contributed by atoms with Gasteiger partial charge in [0.1, 0.15) is 11.5 Å². The first-order valence-electron chi connectivity index (χ1n) is 10.4. The summed E-state index contributed by atoms with van der Waals surface area (Å²) < 4.78 is 12.3. The molecule has 0 radical (unpaired) electrons. The third-order valence-corrected chi connectivity index (χ3v) is 7.66. The second-order valence-electron chi connectivity index (χ2n) is 7.54.